The zero-order valence-electron chi connectivity index (χ0n) is 13.2. The third-order valence-electron chi connectivity index (χ3n) is 5.24. The van der Waals surface area contributed by atoms with Gasteiger partial charge in [0.25, 0.3) is 0 Å². The summed E-state index contributed by atoms with van der Waals surface area (Å²) in [6, 6.07) is 1.53. The molecule has 19 heavy (non-hydrogen) atoms. The van der Waals surface area contributed by atoms with Crippen LogP contribution in [0.25, 0.3) is 0 Å². The molecule has 0 amide bonds. The van der Waals surface area contributed by atoms with Gasteiger partial charge in [-0.1, -0.05) is 19.8 Å². The second-order valence-corrected chi connectivity index (χ2v) is 6.61. The van der Waals surface area contributed by atoms with Gasteiger partial charge in [-0.2, -0.15) is 0 Å². The fourth-order valence-corrected chi connectivity index (χ4v) is 4.03. The summed E-state index contributed by atoms with van der Waals surface area (Å²) >= 11 is 0. The van der Waals surface area contributed by atoms with Gasteiger partial charge < -0.3 is 10.2 Å². The second-order valence-electron chi connectivity index (χ2n) is 6.61. The van der Waals surface area contributed by atoms with E-state index in [0.29, 0.717) is 0 Å². The summed E-state index contributed by atoms with van der Waals surface area (Å²) in [7, 11) is 4.43. The quantitative estimate of drug-likeness (QED) is 0.842. The summed E-state index contributed by atoms with van der Waals surface area (Å²) in [6.07, 6.45) is 8.29. The molecule has 1 heterocycles. The standard InChI is InChI=1S/C16H33N3/c1-4-15-13-18(3)10-7-11-19(15)12-14-8-5-6-9-16(14)17-2/h14-17H,4-13H2,1-3H3. The van der Waals surface area contributed by atoms with E-state index in [2.05, 4.69) is 36.1 Å². The summed E-state index contributed by atoms with van der Waals surface area (Å²) in [5.41, 5.74) is 0. The molecular weight excluding hydrogens is 234 g/mol. The first-order valence-corrected chi connectivity index (χ1v) is 8.34. The van der Waals surface area contributed by atoms with Crippen LogP contribution in [0.15, 0.2) is 0 Å². The van der Waals surface area contributed by atoms with Crippen molar-refractivity contribution >= 4 is 0 Å². The number of likely N-dealkylation sites (N-methyl/N-ethyl adjacent to an activating group) is 1. The maximum absolute atomic E-state index is 3.56. The van der Waals surface area contributed by atoms with Crippen molar-refractivity contribution in [3.05, 3.63) is 0 Å². The highest BCUT2D eigenvalue weighted by molar-refractivity contribution is 4.86. The number of nitrogens with zero attached hydrogens (tertiary/aromatic N) is 2. The van der Waals surface area contributed by atoms with Gasteiger partial charge in [0.15, 0.2) is 0 Å². The van der Waals surface area contributed by atoms with Gasteiger partial charge in [-0.05, 0) is 58.8 Å². The summed E-state index contributed by atoms with van der Waals surface area (Å²) < 4.78 is 0. The summed E-state index contributed by atoms with van der Waals surface area (Å²) in [4.78, 5) is 5.31. The maximum Gasteiger partial charge on any atom is 0.0220 e. The zero-order chi connectivity index (χ0) is 13.7. The molecule has 1 saturated heterocycles. The van der Waals surface area contributed by atoms with Crippen LogP contribution in [0.5, 0.6) is 0 Å². The largest absolute Gasteiger partial charge is 0.317 e. The lowest BCUT2D eigenvalue weighted by atomic mass is 9.84. The first kappa shape index (κ1) is 15.3. The third-order valence-corrected chi connectivity index (χ3v) is 5.24. The van der Waals surface area contributed by atoms with Crippen molar-refractivity contribution in [2.24, 2.45) is 5.92 Å². The van der Waals surface area contributed by atoms with Crippen LogP contribution in [0.2, 0.25) is 0 Å². The highest BCUT2D eigenvalue weighted by Gasteiger charge is 2.29. The molecule has 1 N–H and O–H groups in total. The minimum absolute atomic E-state index is 0.757. The molecule has 2 fully saturated rings. The molecule has 3 unspecified atom stereocenters. The van der Waals surface area contributed by atoms with E-state index in [-0.39, 0.29) is 0 Å². The Hall–Kier alpha value is -0.120. The molecule has 112 valence electrons. The predicted molar refractivity (Wildman–Crippen MR) is 82.6 cm³/mol. The molecule has 1 aliphatic carbocycles. The van der Waals surface area contributed by atoms with E-state index >= 15 is 0 Å². The lowest BCUT2D eigenvalue weighted by Crippen LogP contribution is -2.47. The van der Waals surface area contributed by atoms with Crippen LogP contribution in [-0.4, -0.2) is 62.2 Å². The van der Waals surface area contributed by atoms with Crippen LogP contribution in [0, 0.1) is 5.92 Å². The summed E-state index contributed by atoms with van der Waals surface area (Å²) in [5.74, 6) is 0.871. The third kappa shape index (κ3) is 4.17. The summed E-state index contributed by atoms with van der Waals surface area (Å²) in [6.45, 7) is 7.50. The van der Waals surface area contributed by atoms with Crippen molar-refractivity contribution in [3.63, 3.8) is 0 Å². The van der Waals surface area contributed by atoms with Crippen molar-refractivity contribution in [3.8, 4) is 0 Å². The average Bonchev–Trinajstić information content (AvgIpc) is 2.61. The van der Waals surface area contributed by atoms with Gasteiger partial charge in [0.2, 0.25) is 0 Å². The monoisotopic (exact) mass is 267 g/mol. The topological polar surface area (TPSA) is 18.5 Å². The van der Waals surface area contributed by atoms with Crippen LogP contribution >= 0.6 is 0 Å². The van der Waals surface area contributed by atoms with Gasteiger partial charge in [0, 0.05) is 25.2 Å². The molecule has 2 rings (SSSR count). The van der Waals surface area contributed by atoms with Gasteiger partial charge in [-0.15, -0.1) is 0 Å². The van der Waals surface area contributed by atoms with E-state index in [9.17, 15) is 0 Å². The normalized spacial score (nSPS) is 35.2. The zero-order valence-corrected chi connectivity index (χ0v) is 13.2. The van der Waals surface area contributed by atoms with Crippen LogP contribution in [0.3, 0.4) is 0 Å². The Bertz CT molecular complexity index is 256. The van der Waals surface area contributed by atoms with E-state index in [1.165, 1.54) is 64.7 Å². The Balaban J connectivity index is 1.94. The molecule has 0 spiro atoms. The lowest BCUT2D eigenvalue weighted by Gasteiger charge is -2.38. The van der Waals surface area contributed by atoms with Gasteiger partial charge in [0.05, 0.1) is 0 Å². The van der Waals surface area contributed by atoms with Gasteiger partial charge >= 0.3 is 0 Å². The van der Waals surface area contributed by atoms with Crippen LogP contribution in [-0.2, 0) is 0 Å². The highest BCUT2D eigenvalue weighted by Crippen LogP contribution is 2.26. The molecule has 0 aromatic rings. The molecule has 1 aliphatic heterocycles. The fraction of sp³-hybridized carbons (Fsp3) is 1.00. The van der Waals surface area contributed by atoms with E-state index in [4.69, 9.17) is 0 Å². The second kappa shape index (κ2) is 7.61. The van der Waals surface area contributed by atoms with Crippen molar-refractivity contribution in [1.82, 2.24) is 15.1 Å². The smallest absolute Gasteiger partial charge is 0.0220 e. The molecule has 0 bridgehead atoms. The minimum atomic E-state index is 0.757. The predicted octanol–water partition coefficient (Wildman–Crippen LogP) is 2.18. The first-order valence-electron chi connectivity index (χ1n) is 8.34. The molecule has 0 aromatic heterocycles. The molecule has 3 heteroatoms. The number of nitrogens with one attached hydrogen (secondary N) is 1. The van der Waals surface area contributed by atoms with Gasteiger partial charge in [-0.3, -0.25) is 4.90 Å². The fourth-order valence-electron chi connectivity index (χ4n) is 4.03. The van der Waals surface area contributed by atoms with E-state index in [1.807, 2.05) is 0 Å². The Morgan fingerprint density at radius 1 is 1.11 bits per heavy atom. The first-order chi connectivity index (χ1) is 9.24. The van der Waals surface area contributed by atoms with Crippen molar-refractivity contribution in [2.75, 3.05) is 40.3 Å². The van der Waals surface area contributed by atoms with Gasteiger partial charge in [0.1, 0.15) is 0 Å². The molecule has 3 nitrogen and oxygen atoms in total. The van der Waals surface area contributed by atoms with E-state index < -0.39 is 0 Å². The molecule has 0 radical (unpaired) electrons. The van der Waals surface area contributed by atoms with Crippen LogP contribution in [0.1, 0.15) is 45.4 Å². The van der Waals surface area contributed by atoms with Crippen molar-refractivity contribution in [2.45, 2.75) is 57.5 Å². The number of hydrogen-bond donors (Lipinski definition) is 1. The number of rotatable bonds is 4. The highest BCUT2D eigenvalue weighted by atomic mass is 15.2. The summed E-state index contributed by atoms with van der Waals surface area (Å²) in [5, 5.41) is 3.56. The Kier molecular flexibility index (Phi) is 6.11. The molecule has 3 atom stereocenters. The maximum atomic E-state index is 3.56. The molecule has 2 aliphatic rings. The van der Waals surface area contributed by atoms with E-state index in [1.54, 1.807) is 0 Å². The average molecular weight is 267 g/mol. The Morgan fingerprint density at radius 2 is 1.89 bits per heavy atom. The van der Waals surface area contributed by atoms with Crippen LogP contribution in [0.4, 0.5) is 0 Å². The Labute approximate surface area is 119 Å². The molecule has 1 saturated carbocycles. The minimum Gasteiger partial charge on any atom is -0.317 e. The molecule has 0 aromatic carbocycles. The van der Waals surface area contributed by atoms with Gasteiger partial charge in [-0.25, -0.2) is 0 Å². The van der Waals surface area contributed by atoms with Crippen molar-refractivity contribution < 1.29 is 0 Å². The van der Waals surface area contributed by atoms with Crippen LogP contribution < -0.4 is 5.32 Å². The Morgan fingerprint density at radius 3 is 2.63 bits per heavy atom. The SMILES string of the molecule is CCC1CN(C)CCCN1CC1CCCCC1NC. The molecular formula is C16H33N3. The van der Waals surface area contributed by atoms with Crippen molar-refractivity contribution in [1.29, 1.82) is 0 Å². The number of hydrogen-bond acceptors (Lipinski definition) is 3. The lowest BCUT2D eigenvalue weighted by molar-refractivity contribution is 0.126. The van der Waals surface area contributed by atoms with E-state index in [0.717, 1.165) is 18.0 Å².